The normalized spacial score (nSPS) is 10.3. The van der Waals surface area contributed by atoms with Crippen molar-refractivity contribution < 1.29 is 19.0 Å². The van der Waals surface area contributed by atoms with Crippen molar-refractivity contribution in [3.8, 4) is 5.75 Å². The van der Waals surface area contributed by atoms with Gasteiger partial charge in [0.2, 0.25) is 0 Å². The topological polar surface area (TPSA) is 46.5 Å². The number of rotatable bonds is 4. The lowest BCUT2D eigenvalue weighted by atomic mass is 10.2. The summed E-state index contributed by atoms with van der Waals surface area (Å²) in [7, 11) is 0. The average Bonchev–Trinajstić information content (AvgIpc) is 2.79. The van der Waals surface area contributed by atoms with Crippen molar-refractivity contribution in [3.63, 3.8) is 0 Å². The Hall–Kier alpha value is -1.59. The third kappa shape index (κ3) is 2.80. The number of hydrogen-bond donors (Lipinski definition) is 1. The van der Waals surface area contributed by atoms with Gasteiger partial charge in [-0.05, 0) is 29.1 Å². The molecule has 3 nitrogen and oxygen atoms in total. The molecule has 0 saturated heterocycles. The van der Waals surface area contributed by atoms with E-state index in [1.807, 2.05) is 0 Å². The number of benzene rings is 1. The third-order valence-corrected chi connectivity index (χ3v) is 3.39. The van der Waals surface area contributed by atoms with E-state index in [9.17, 15) is 9.18 Å². The van der Waals surface area contributed by atoms with Gasteiger partial charge >= 0.3 is 5.97 Å². The molecule has 18 heavy (non-hydrogen) atoms. The molecule has 0 atom stereocenters. The Kier molecular flexibility index (Phi) is 3.84. The minimum Gasteiger partial charge on any atom is -0.487 e. The summed E-state index contributed by atoms with van der Waals surface area (Å²) in [5, 5.41) is 10.6. The standard InChI is InChI=1S/C12H8ClFO3S/c13-8-2-1-7(5-9(8)14)6-17-10-3-4-18-11(10)12(15)16/h1-5H,6H2,(H,15,16). The van der Waals surface area contributed by atoms with E-state index in [0.717, 1.165) is 11.3 Å². The zero-order chi connectivity index (χ0) is 13.1. The molecule has 0 spiro atoms. The van der Waals surface area contributed by atoms with E-state index in [0.29, 0.717) is 5.56 Å². The minimum atomic E-state index is -1.04. The Morgan fingerprint density at radius 2 is 2.22 bits per heavy atom. The monoisotopic (exact) mass is 286 g/mol. The van der Waals surface area contributed by atoms with Gasteiger partial charge in [-0.1, -0.05) is 17.7 Å². The number of carbonyl (C=O) groups is 1. The number of ether oxygens (including phenoxy) is 1. The first-order valence-corrected chi connectivity index (χ1v) is 6.21. The highest BCUT2D eigenvalue weighted by Crippen LogP contribution is 2.26. The van der Waals surface area contributed by atoms with Crippen LogP contribution < -0.4 is 4.74 Å². The molecule has 0 aliphatic rings. The van der Waals surface area contributed by atoms with Crippen molar-refractivity contribution in [2.75, 3.05) is 0 Å². The smallest absolute Gasteiger partial charge is 0.349 e. The molecule has 1 heterocycles. The third-order valence-electron chi connectivity index (χ3n) is 2.20. The van der Waals surface area contributed by atoms with Crippen LogP contribution in [0, 0.1) is 5.82 Å². The van der Waals surface area contributed by atoms with Gasteiger partial charge < -0.3 is 9.84 Å². The number of hydrogen-bond acceptors (Lipinski definition) is 3. The first kappa shape index (κ1) is 12.9. The summed E-state index contributed by atoms with van der Waals surface area (Å²) in [5.41, 5.74) is 0.583. The van der Waals surface area contributed by atoms with E-state index < -0.39 is 11.8 Å². The molecule has 2 rings (SSSR count). The van der Waals surface area contributed by atoms with Crippen LogP contribution in [-0.2, 0) is 6.61 Å². The molecule has 1 aromatic carbocycles. The van der Waals surface area contributed by atoms with Crippen LogP contribution in [0.15, 0.2) is 29.6 Å². The van der Waals surface area contributed by atoms with Crippen LogP contribution >= 0.6 is 22.9 Å². The molecule has 0 aliphatic carbocycles. The summed E-state index contributed by atoms with van der Waals surface area (Å²) in [4.78, 5) is 11.0. The van der Waals surface area contributed by atoms with E-state index >= 15 is 0 Å². The van der Waals surface area contributed by atoms with Gasteiger partial charge in [-0.3, -0.25) is 0 Å². The van der Waals surface area contributed by atoms with Crippen LogP contribution in [0.1, 0.15) is 15.2 Å². The molecular formula is C12H8ClFO3S. The van der Waals surface area contributed by atoms with Crippen molar-refractivity contribution in [2.45, 2.75) is 6.61 Å². The molecule has 0 radical (unpaired) electrons. The molecule has 94 valence electrons. The highest BCUT2D eigenvalue weighted by atomic mass is 35.5. The summed E-state index contributed by atoms with van der Waals surface area (Å²) in [6, 6.07) is 5.88. The second-order valence-electron chi connectivity index (χ2n) is 3.46. The predicted molar refractivity (Wildman–Crippen MR) is 67.0 cm³/mol. The van der Waals surface area contributed by atoms with Gasteiger partial charge in [0, 0.05) is 0 Å². The molecule has 0 aliphatic heterocycles. The molecule has 1 aromatic heterocycles. The zero-order valence-corrected chi connectivity index (χ0v) is 10.6. The largest absolute Gasteiger partial charge is 0.487 e. The highest BCUT2D eigenvalue weighted by molar-refractivity contribution is 7.12. The van der Waals surface area contributed by atoms with Crippen LogP contribution in [0.3, 0.4) is 0 Å². The van der Waals surface area contributed by atoms with E-state index in [2.05, 4.69) is 0 Å². The lowest BCUT2D eigenvalue weighted by molar-refractivity contribution is 0.0697. The van der Waals surface area contributed by atoms with E-state index in [1.165, 1.54) is 12.1 Å². The van der Waals surface area contributed by atoms with Gasteiger partial charge in [-0.15, -0.1) is 11.3 Å². The van der Waals surface area contributed by atoms with Crippen molar-refractivity contribution in [2.24, 2.45) is 0 Å². The Labute approximate surface area is 111 Å². The number of carboxylic acid groups (broad SMARTS) is 1. The first-order chi connectivity index (χ1) is 8.58. The Bertz CT molecular complexity index is 582. The molecular weight excluding hydrogens is 279 g/mol. The Morgan fingerprint density at radius 1 is 1.44 bits per heavy atom. The van der Waals surface area contributed by atoms with Gasteiger partial charge in [0.05, 0.1) is 5.02 Å². The van der Waals surface area contributed by atoms with Crippen LogP contribution in [-0.4, -0.2) is 11.1 Å². The fourth-order valence-corrected chi connectivity index (χ4v) is 2.15. The lowest BCUT2D eigenvalue weighted by Crippen LogP contribution is -2.00. The van der Waals surface area contributed by atoms with E-state index in [-0.39, 0.29) is 22.3 Å². The van der Waals surface area contributed by atoms with E-state index in [4.69, 9.17) is 21.4 Å². The predicted octanol–water partition coefficient (Wildman–Crippen LogP) is 3.82. The Morgan fingerprint density at radius 3 is 2.89 bits per heavy atom. The second-order valence-corrected chi connectivity index (χ2v) is 4.78. The summed E-state index contributed by atoms with van der Waals surface area (Å²) >= 11 is 6.63. The average molecular weight is 287 g/mol. The van der Waals surface area contributed by atoms with Crippen LogP contribution in [0.5, 0.6) is 5.75 Å². The molecule has 0 bridgehead atoms. The molecule has 2 aromatic rings. The molecule has 1 N–H and O–H groups in total. The SMILES string of the molecule is O=C(O)c1sccc1OCc1ccc(Cl)c(F)c1. The van der Waals surface area contributed by atoms with Crippen molar-refractivity contribution >= 4 is 28.9 Å². The number of thiophene rings is 1. The highest BCUT2D eigenvalue weighted by Gasteiger charge is 2.13. The summed E-state index contributed by atoms with van der Waals surface area (Å²) in [5.74, 6) is -1.29. The maximum absolute atomic E-state index is 13.2. The number of carboxylic acids is 1. The van der Waals surface area contributed by atoms with Crippen LogP contribution in [0.4, 0.5) is 4.39 Å². The Balaban J connectivity index is 2.09. The van der Waals surface area contributed by atoms with Gasteiger partial charge in [0.25, 0.3) is 0 Å². The first-order valence-electron chi connectivity index (χ1n) is 4.95. The molecule has 6 heteroatoms. The summed E-state index contributed by atoms with van der Waals surface area (Å²) < 4.78 is 18.5. The molecule has 0 saturated carbocycles. The van der Waals surface area contributed by atoms with Gasteiger partial charge in [-0.2, -0.15) is 0 Å². The summed E-state index contributed by atoms with van der Waals surface area (Å²) in [6.45, 7) is 0.0884. The summed E-state index contributed by atoms with van der Waals surface area (Å²) in [6.07, 6.45) is 0. The number of halogens is 2. The molecule has 0 unspecified atom stereocenters. The quantitative estimate of drug-likeness (QED) is 0.929. The van der Waals surface area contributed by atoms with Crippen LogP contribution in [0.2, 0.25) is 5.02 Å². The maximum Gasteiger partial charge on any atom is 0.349 e. The van der Waals surface area contributed by atoms with Gasteiger partial charge in [0.1, 0.15) is 18.2 Å². The maximum atomic E-state index is 13.2. The zero-order valence-electron chi connectivity index (χ0n) is 9.02. The van der Waals surface area contributed by atoms with Crippen molar-refractivity contribution in [1.82, 2.24) is 0 Å². The fourth-order valence-electron chi connectivity index (χ4n) is 1.36. The molecule has 0 fully saturated rings. The fraction of sp³-hybridized carbons (Fsp3) is 0.0833. The van der Waals surface area contributed by atoms with Crippen molar-refractivity contribution in [3.05, 3.63) is 50.9 Å². The van der Waals surface area contributed by atoms with Crippen molar-refractivity contribution in [1.29, 1.82) is 0 Å². The lowest BCUT2D eigenvalue weighted by Gasteiger charge is -2.06. The van der Waals surface area contributed by atoms with Gasteiger partial charge in [-0.25, -0.2) is 9.18 Å². The number of aromatic carboxylic acids is 1. The minimum absolute atomic E-state index is 0.0421. The van der Waals surface area contributed by atoms with E-state index in [1.54, 1.807) is 17.5 Å². The second kappa shape index (κ2) is 5.37. The van der Waals surface area contributed by atoms with Crippen LogP contribution in [0.25, 0.3) is 0 Å². The van der Waals surface area contributed by atoms with Gasteiger partial charge in [0.15, 0.2) is 4.88 Å². The molecule has 0 amide bonds.